The van der Waals surface area contributed by atoms with E-state index >= 15 is 0 Å². The molecule has 0 spiro atoms. The van der Waals surface area contributed by atoms with Gasteiger partial charge in [0.05, 0.1) is 0 Å². The van der Waals surface area contributed by atoms with E-state index in [1.807, 2.05) is 25.1 Å². The summed E-state index contributed by atoms with van der Waals surface area (Å²) >= 11 is 3.48. The Balaban J connectivity index is 2.65. The van der Waals surface area contributed by atoms with Gasteiger partial charge in [0, 0.05) is 22.4 Å². The van der Waals surface area contributed by atoms with Crippen molar-refractivity contribution in [3.63, 3.8) is 0 Å². The van der Waals surface area contributed by atoms with E-state index < -0.39 is 0 Å². The molecule has 2 rings (SSSR count). The molecule has 0 fully saturated rings. The molecule has 1 aromatic heterocycles. The summed E-state index contributed by atoms with van der Waals surface area (Å²) in [4.78, 5) is 14.5. The summed E-state index contributed by atoms with van der Waals surface area (Å²) in [5.41, 5.74) is 2.71. The number of hydrogen-bond acceptors (Lipinski definition) is 1. The van der Waals surface area contributed by atoms with Gasteiger partial charge < -0.3 is 10.3 Å². The first-order valence-corrected chi connectivity index (χ1v) is 5.42. The van der Waals surface area contributed by atoms with Gasteiger partial charge >= 0.3 is 0 Å². The van der Waals surface area contributed by atoms with Crippen molar-refractivity contribution in [3.8, 4) is 0 Å². The van der Waals surface area contributed by atoms with Crippen LogP contribution in [0.2, 0.25) is 0 Å². The van der Waals surface area contributed by atoms with Crippen molar-refractivity contribution in [2.75, 3.05) is 7.05 Å². The number of benzene rings is 1. The van der Waals surface area contributed by atoms with E-state index in [1.165, 1.54) is 0 Å². The second-order valence-electron chi connectivity index (χ2n) is 3.47. The molecule has 0 aliphatic heterocycles. The van der Waals surface area contributed by atoms with Crippen molar-refractivity contribution >= 4 is 32.7 Å². The molecule has 78 valence electrons. The second-order valence-corrected chi connectivity index (χ2v) is 4.32. The first kappa shape index (κ1) is 10.2. The lowest BCUT2D eigenvalue weighted by molar-refractivity contribution is 0.0959. The number of aromatic amines is 1. The van der Waals surface area contributed by atoms with Crippen molar-refractivity contribution in [3.05, 3.63) is 33.9 Å². The molecular weight excluding hydrogens is 256 g/mol. The highest BCUT2D eigenvalue weighted by molar-refractivity contribution is 9.10. The summed E-state index contributed by atoms with van der Waals surface area (Å²) in [5, 5.41) is 3.62. The van der Waals surface area contributed by atoms with Crippen molar-refractivity contribution in [2.24, 2.45) is 0 Å². The average molecular weight is 267 g/mol. The molecule has 1 heterocycles. The highest BCUT2D eigenvalue weighted by Gasteiger charge is 2.09. The van der Waals surface area contributed by atoms with Crippen LogP contribution in [0.1, 0.15) is 16.1 Å². The van der Waals surface area contributed by atoms with Gasteiger partial charge in [-0.2, -0.15) is 0 Å². The number of amides is 1. The second kappa shape index (κ2) is 3.70. The molecular formula is C11H11BrN2O. The molecule has 0 unspecified atom stereocenters. The van der Waals surface area contributed by atoms with Crippen LogP contribution in [-0.2, 0) is 0 Å². The van der Waals surface area contributed by atoms with E-state index in [4.69, 9.17) is 0 Å². The minimum absolute atomic E-state index is 0.101. The molecule has 3 nitrogen and oxygen atoms in total. The van der Waals surface area contributed by atoms with Crippen LogP contribution in [0.15, 0.2) is 22.7 Å². The number of nitrogens with one attached hydrogen (secondary N) is 2. The molecule has 0 radical (unpaired) electrons. The quantitative estimate of drug-likeness (QED) is 0.819. The van der Waals surface area contributed by atoms with Crippen LogP contribution >= 0.6 is 15.9 Å². The largest absolute Gasteiger partial charge is 0.354 e. The molecule has 1 amide bonds. The topological polar surface area (TPSA) is 44.9 Å². The van der Waals surface area contributed by atoms with Crippen LogP contribution in [0.4, 0.5) is 0 Å². The maximum absolute atomic E-state index is 11.4. The third kappa shape index (κ3) is 1.77. The van der Waals surface area contributed by atoms with Crippen LogP contribution in [-0.4, -0.2) is 17.9 Å². The number of H-pyrrole nitrogens is 1. The SMILES string of the molecule is CNC(=O)c1cc2c(Br)cc(C)cc2[nH]1. The third-order valence-electron chi connectivity index (χ3n) is 2.30. The molecule has 0 saturated carbocycles. The van der Waals surface area contributed by atoms with E-state index in [-0.39, 0.29) is 5.91 Å². The van der Waals surface area contributed by atoms with Gasteiger partial charge in [-0.3, -0.25) is 4.79 Å². The molecule has 4 heteroatoms. The molecule has 0 atom stereocenters. The highest BCUT2D eigenvalue weighted by atomic mass is 79.9. The summed E-state index contributed by atoms with van der Waals surface area (Å²) in [7, 11) is 1.62. The van der Waals surface area contributed by atoms with E-state index in [9.17, 15) is 4.79 Å². The average Bonchev–Trinajstić information content (AvgIpc) is 2.60. The summed E-state index contributed by atoms with van der Waals surface area (Å²) in [6.45, 7) is 2.02. The van der Waals surface area contributed by atoms with Crippen LogP contribution in [0.5, 0.6) is 0 Å². The molecule has 0 bridgehead atoms. The van der Waals surface area contributed by atoms with E-state index in [1.54, 1.807) is 7.05 Å². The number of carbonyl (C=O) groups is 1. The van der Waals surface area contributed by atoms with Gasteiger partial charge in [-0.1, -0.05) is 15.9 Å². The predicted molar refractivity (Wildman–Crippen MR) is 64.1 cm³/mol. The Hall–Kier alpha value is -1.29. The zero-order chi connectivity index (χ0) is 11.0. The maximum atomic E-state index is 11.4. The summed E-state index contributed by atoms with van der Waals surface area (Å²) < 4.78 is 1.00. The molecule has 15 heavy (non-hydrogen) atoms. The van der Waals surface area contributed by atoms with Gasteiger partial charge in [0.15, 0.2) is 0 Å². The van der Waals surface area contributed by atoms with Crippen LogP contribution in [0, 0.1) is 6.92 Å². The Labute approximate surface area is 96.0 Å². The third-order valence-corrected chi connectivity index (χ3v) is 2.96. The maximum Gasteiger partial charge on any atom is 0.267 e. The summed E-state index contributed by atoms with van der Waals surface area (Å²) in [6, 6.07) is 5.90. The van der Waals surface area contributed by atoms with Gasteiger partial charge in [-0.05, 0) is 30.7 Å². The van der Waals surface area contributed by atoms with Gasteiger partial charge in [-0.15, -0.1) is 0 Å². The number of aromatic nitrogens is 1. The van der Waals surface area contributed by atoms with Crippen molar-refractivity contribution in [1.82, 2.24) is 10.3 Å². The lowest BCUT2D eigenvalue weighted by Crippen LogP contribution is -2.17. The standard InChI is InChI=1S/C11H11BrN2O/c1-6-3-8(12)7-5-10(11(15)13-2)14-9(7)4-6/h3-5,14H,1-2H3,(H,13,15). The van der Waals surface area contributed by atoms with E-state index in [0.717, 1.165) is 20.9 Å². The fourth-order valence-corrected chi connectivity index (χ4v) is 2.28. The van der Waals surface area contributed by atoms with Gasteiger partial charge in [-0.25, -0.2) is 0 Å². The zero-order valence-electron chi connectivity index (χ0n) is 8.52. The zero-order valence-corrected chi connectivity index (χ0v) is 10.1. The number of hydrogen-bond donors (Lipinski definition) is 2. The van der Waals surface area contributed by atoms with Crippen molar-refractivity contribution in [1.29, 1.82) is 0 Å². The Kier molecular flexibility index (Phi) is 2.52. The fourth-order valence-electron chi connectivity index (χ4n) is 1.59. The van der Waals surface area contributed by atoms with Crippen LogP contribution < -0.4 is 5.32 Å². The van der Waals surface area contributed by atoms with Gasteiger partial charge in [0.25, 0.3) is 5.91 Å². The lowest BCUT2D eigenvalue weighted by Gasteiger charge is -1.96. The minimum atomic E-state index is -0.101. The Morgan fingerprint density at radius 3 is 2.80 bits per heavy atom. The van der Waals surface area contributed by atoms with Gasteiger partial charge in [0.1, 0.15) is 5.69 Å². The molecule has 0 aliphatic carbocycles. The lowest BCUT2D eigenvalue weighted by atomic mass is 10.2. The first-order chi connectivity index (χ1) is 7.11. The molecule has 0 aliphatic rings. The Bertz CT molecular complexity index is 531. The van der Waals surface area contributed by atoms with E-state index in [2.05, 4.69) is 26.2 Å². The first-order valence-electron chi connectivity index (χ1n) is 4.63. The number of aryl methyl sites for hydroxylation is 1. The smallest absolute Gasteiger partial charge is 0.267 e. The number of carbonyl (C=O) groups excluding carboxylic acids is 1. The molecule has 2 aromatic rings. The minimum Gasteiger partial charge on any atom is -0.354 e. The highest BCUT2D eigenvalue weighted by Crippen LogP contribution is 2.26. The normalized spacial score (nSPS) is 10.6. The predicted octanol–water partition coefficient (Wildman–Crippen LogP) is 2.60. The molecule has 2 N–H and O–H groups in total. The number of fused-ring (bicyclic) bond motifs is 1. The Morgan fingerprint density at radius 1 is 1.40 bits per heavy atom. The van der Waals surface area contributed by atoms with Crippen LogP contribution in [0.3, 0.4) is 0 Å². The number of rotatable bonds is 1. The molecule has 0 saturated heterocycles. The van der Waals surface area contributed by atoms with E-state index in [0.29, 0.717) is 5.69 Å². The number of halogens is 1. The van der Waals surface area contributed by atoms with Crippen LogP contribution in [0.25, 0.3) is 10.9 Å². The fraction of sp³-hybridized carbons (Fsp3) is 0.182. The van der Waals surface area contributed by atoms with Gasteiger partial charge in [0.2, 0.25) is 0 Å². The van der Waals surface area contributed by atoms with Crippen molar-refractivity contribution in [2.45, 2.75) is 6.92 Å². The summed E-state index contributed by atoms with van der Waals surface area (Å²) in [5.74, 6) is -0.101. The Morgan fingerprint density at radius 2 is 2.13 bits per heavy atom. The monoisotopic (exact) mass is 266 g/mol. The van der Waals surface area contributed by atoms with Crippen molar-refractivity contribution < 1.29 is 4.79 Å². The summed E-state index contributed by atoms with van der Waals surface area (Å²) in [6.07, 6.45) is 0. The molecule has 1 aromatic carbocycles.